The maximum atomic E-state index is 15.1. The Balaban J connectivity index is 1.16. The van der Waals surface area contributed by atoms with Gasteiger partial charge in [0.1, 0.15) is 28.2 Å². The lowest BCUT2D eigenvalue weighted by Crippen LogP contribution is -2.53. The van der Waals surface area contributed by atoms with Crippen LogP contribution in [0, 0.1) is 23.3 Å². The normalized spacial score (nSPS) is 16.0. The first-order valence-corrected chi connectivity index (χ1v) is 17.2. The van der Waals surface area contributed by atoms with Gasteiger partial charge < -0.3 is 10.6 Å². The number of rotatable bonds is 11. The molecule has 5 aromatic rings. The van der Waals surface area contributed by atoms with Crippen molar-refractivity contribution in [2.24, 2.45) is 0 Å². The van der Waals surface area contributed by atoms with Crippen molar-refractivity contribution < 1.29 is 30.8 Å². The van der Waals surface area contributed by atoms with Crippen LogP contribution in [0.25, 0.3) is 10.9 Å². The molecule has 0 bridgehead atoms. The molecule has 0 aliphatic carbocycles. The van der Waals surface area contributed by atoms with E-state index in [4.69, 9.17) is 0 Å². The number of sulfonamides is 1. The van der Waals surface area contributed by atoms with Gasteiger partial charge in [0.05, 0.1) is 23.6 Å². The Morgan fingerprint density at radius 3 is 2.45 bits per heavy atom. The zero-order valence-corrected chi connectivity index (χ0v) is 27.1. The monoisotopic (exact) mass is 691 g/mol. The highest BCUT2D eigenvalue weighted by molar-refractivity contribution is 7.89. The first-order chi connectivity index (χ1) is 23.6. The van der Waals surface area contributed by atoms with Crippen molar-refractivity contribution in [2.45, 2.75) is 42.5 Å². The second-order valence-corrected chi connectivity index (χ2v) is 13.8. The largest absolute Gasteiger partial charge is 0.324 e. The van der Waals surface area contributed by atoms with Crippen LogP contribution < -0.4 is 10.6 Å². The number of piperazine rings is 1. The molecule has 0 saturated carbocycles. The number of fused-ring (bicyclic) bond motifs is 1. The summed E-state index contributed by atoms with van der Waals surface area (Å²) in [7, 11) is -3.87. The van der Waals surface area contributed by atoms with Crippen LogP contribution in [0.2, 0.25) is 0 Å². The molecule has 49 heavy (non-hydrogen) atoms. The van der Waals surface area contributed by atoms with Gasteiger partial charge in [-0.25, -0.2) is 26.0 Å². The fraction of sp³-hybridized carbons (Fsp3) is 0.250. The Kier molecular flexibility index (Phi) is 10.3. The highest BCUT2D eigenvalue weighted by Gasteiger charge is 2.33. The average molecular weight is 692 g/mol. The molecule has 6 rings (SSSR count). The van der Waals surface area contributed by atoms with Gasteiger partial charge in [0.15, 0.2) is 0 Å². The Bertz CT molecular complexity index is 2060. The van der Waals surface area contributed by atoms with Crippen LogP contribution >= 0.6 is 0 Å². The molecular formula is C36H33F4N5O3S. The average Bonchev–Trinajstić information content (AvgIpc) is 3.08. The highest BCUT2D eigenvalue weighted by Crippen LogP contribution is 2.31. The molecule has 1 aliphatic heterocycles. The van der Waals surface area contributed by atoms with E-state index in [-0.39, 0.29) is 41.1 Å². The number of carbonyl (C=O) groups is 1. The summed E-state index contributed by atoms with van der Waals surface area (Å²) in [4.78, 5) is 21.7. The number of hydrogen-bond acceptors (Lipinski definition) is 6. The van der Waals surface area contributed by atoms with E-state index in [0.717, 1.165) is 18.3 Å². The molecular weight excluding hydrogens is 658 g/mol. The maximum Gasteiger partial charge on any atom is 0.244 e. The van der Waals surface area contributed by atoms with Crippen molar-refractivity contribution in [3.8, 4) is 0 Å². The highest BCUT2D eigenvalue weighted by atomic mass is 32.2. The molecule has 1 amide bonds. The molecule has 3 aromatic carbocycles. The van der Waals surface area contributed by atoms with Crippen LogP contribution in [0.3, 0.4) is 0 Å². The van der Waals surface area contributed by atoms with Crippen LogP contribution in [0.1, 0.15) is 41.9 Å². The number of pyridine rings is 2. The van der Waals surface area contributed by atoms with E-state index in [2.05, 4.69) is 20.6 Å². The van der Waals surface area contributed by atoms with Gasteiger partial charge in [0, 0.05) is 61.2 Å². The van der Waals surface area contributed by atoms with Crippen molar-refractivity contribution in [3.05, 3.63) is 131 Å². The van der Waals surface area contributed by atoms with Crippen molar-refractivity contribution >= 4 is 32.5 Å². The third-order valence-corrected chi connectivity index (χ3v) is 10.6. The fourth-order valence-corrected chi connectivity index (χ4v) is 7.89. The van der Waals surface area contributed by atoms with E-state index in [1.165, 1.54) is 41.0 Å². The van der Waals surface area contributed by atoms with E-state index >= 15 is 4.39 Å². The number of para-hydroxylation sites is 1. The number of carbonyl (C=O) groups excluding carboxylic acids is 1. The molecule has 254 valence electrons. The number of anilines is 1. The molecule has 0 unspecified atom stereocenters. The maximum absolute atomic E-state index is 15.1. The van der Waals surface area contributed by atoms with Crippen LogP contribution in [-0.4, -0.2) is 54.3 Å². The minimum Gasteiger partial charge on any atom is -0.324 e. The van der Waals surface area contributed by atoms with E-state index in [1.807, 2.05) is 18.2 Å². The predicted molar refractivity (Wildman–Crippen MR) is 177 cm³/mol. The first kappa shape index (κ1) is 34.2. The van der Waals surface area contributed by atoms with Gasteiger partial charge in [-0.1, -0.05) is 30.3 Å². The number of hydrogen-bond donors (Lipinski definition) is 2. The van der Waals surface area contributed by atoms with Crippen LogP contribution in [0.4, 0.5) is 23.2 Å². The van der Waals surface area contributed by atoms with Gasteiger partial charge in [-0.05, 0) is 66.8 Å². The van der Waals surface area contributed by atoms with Crippen LogP contribution in [0.15, 0.2) is 96.3 Å². The quantitative estimate of drug-likeness (QED) is 0.157. The lowest BCUT2D eigenvalue weighted by molar-refractivity contribution is -0.116. The summed E-state index contributed by atoms with van der Waals surface area (Å²) in [5.41, 5.74) is 1.64. The Morgan fingerprint density at radius 2 is 1.67 bits per heavy atom. The number of aromatic nitrogens is 2. The van der Waals surface area contributed by atoms with E-state index in [1.54, 1.807) is 12.1 Å². The molecule has 3 heterocycles. The lowest BCUT2D eigenvalue weighted by atomic mass is 9.88. The molecule has 1 saturated heterocycles. The number of halogens is 4. The van der Waals surface area contributed by atoms with Gasteiger partial charge in [0.25, 0.3) is 0 Å². The summed E-state index contributed by atoms with van der Waals surface area (Å²) >= 11 is 0. The zero-order valence-electron chi connectivity index (χ0n) is 26.3. The van der Waals surface area contributed by atoms with E-state index in [0.29, 0.717) is 48.5 Å². The Labute approximate surface area is 281 Å². The predicted octanol–water partition coefficient (Wildman–Crippen LogP) is 6.33. The third kappa shape index (κ3) is 7.96. The molecule has 0 radical (unpaired) electrons. The second-order valence-electron chi connectivity index (χ2n) is 11.9. The van der Waals surface area contributed by atoms with Crippen LogP contribution in [-0.2, 0) is 21.2 Å². The van der Waals surface area contributed by atoms with E-state index in [9.17, 15) is 26.4 Å². The number of nitrogens with zero attached hydrogens (tertiary/aromatic N) is 3. The van der Waals surface area contributed by atoms with Gasteiger partial charge in [-0.2, -0.15) is 4.31 Å². The van der Waals surface area contributed by atoms with E-state index < -0.39 is 51.2 Å². The topological polar surface area (TPSA) is 104 Å². The van der Waals surface area contributed by atoms with Gasteiger partial charge in [-0.15, -0.1) is 0 Å². The number of benzene rings is 3. The van der Waals surface area contributed by atoms with Gasteiger partial charge in [-0.3, -0.25) is 14.8 Å². The minimum atomic E-state index is -3.87. The van der Waals surface area contributed by atoms with Crippen molar-refractivity contribution in [1.82, 2.24) is 19.6 Å². The molecule has 2 aromatic heterocycles. The molecule has 1 fully saturated rings. The molecule has 1 aliphatic rings. The molecule has 0 spiro atoms. The third-order valence-electron chi connectivity index (χ3n) is 8.66. The minimum absolute atomic E-state index is 0.100. The summed E-state index contributed by atoms with van der Waals surface area (Å²) < 4.78 is 86.0. The first-order valence-electron chi connectivity index (χ1n) is 15.8. The lowest BCUT2D eigenvalue weighted by Gasteiger charge is -2.35. The molecule has 8 nitrogen and oxygen atoms in total. The molecule has 13 heteroatoms. The number of nitrogens with one attached hydrogen (secondary N) is 2. The zero-order chi connectivity index (χ0) is 34.5. The van der Waals surface area contributed by atoms with Gasteiger partial charge >= 0.3 is 0 Å². The Hall–Kier alpha value is -4.72. The Morgan fingerprint density at radius 1 is 0.918 bits per heavy atom. The van der Waals surface area contributed by atoms with Crippen molar-refractivity contribution in [2.75, 3.05) is 25.0 Å². The second kappa shape index (κ2) is 14.8. The standard InChI is InChI=1S/C36H33F4N5O3S/c37-26-10-8-23(9-11-26)32(25-14-27(38)17-28(39)15-25)18-36(46)44-35-22-42-21-33(40)31(35)6-3-5-29-19-41-12-13-45(29)49(47,48)30-16-24-4-1-2-7-34(24)43-20-30/h1-2,4,7-11,14-17,20-22,29,32,41H,3,5-6,12-13,18-19H2,(H,44,46)/t29-,32-/m0/s1. The number of amides is 1. The van der Waals surface area contributed by atoms with Crippen molar-refractivity contribution in [1.29, 1.82) is 0 Å². The summed E-state index contributed by atoms with van der Waals surface area (Å²) in [6.07, 6.45) is 4.39. The summed E-state index contributed by atoms with van der Waals surface area (Å²) in [5, 5.41) is 6.64. The SMILES string of the molecule is O=C(C[C@@H](c1ccc(F)cc1)c1cc(F)cc(F)c1)Nc1cncc(F)c1CCC[C@H]1CNCCN1S(=O)(=O)c1cnc2ccccc2c1. The molecule has 2 N–H and O–H groups in total. The summed E-state index contributed by atoms with van der Waals surface area (Å²) in [5.74, 6) is -4.22. The smallest absolute Gasteiger partial charge is 0.244 e. The van der Waals surface area contributed by atoms with Gasteiger partial charge in [0.2, 0.25) is 15.9 Å². The fourth-order valence-electron chi connectivity index (χ4n) is 6.26. The van der Waals surface area contributed by atoms with Crippen molar-refractivity contribution in [3.63, 3.8) is 0 Å². The van der Waals surface area contributed by atoms with Crippen LogP contribution in [0.5, 0.6) is 0 Å². The summed E-state index contributed by atoms with van der Waals surface area (Å²) in [6.45, 7) is 1.15. The summed E-state index contributed by atoms with van der Waals surface area (Å²) in [6, 6.07) is 16.7. The molecule has 2 atom stereocenters.